The standard InChI is InChI=1S/C18H12BrN3O2/c19-10-7-13-14(18(24)22-17(13)21-8-10)9-20-15-5-6-16(23)12-4-2-1-3-11(12)15/h1-9,23-24H,(H,21,22). The Morgan fingerprint density at radius 3 is 2.67 bits per heavy atom. The Labute approximate surface area is 145 Å². The van der Waals surface area contributed by atoms with E-state index in [0.717, 1.165) is 20.6 Å². The first-order chi connectivity index (χ1) is 11.6. The van der Waals surface area contributed by atoms with Crippen molar-refractivity contribution in [3.8, 4) is 11.6 Å². The molecule has 0 saturated carbocycles. The van der Waals surface area contributed by atoms with Gasteiger partial charge in [0.25, 0.3) is 0 Å². The van der Waals surface area contributed by atoms with Crippen molar-refractivity contribution in [3.05, 3.63) is 58.7 Å². The zero-order chi connectivity index (χ0) is 16.7. The van der Waals surface area contributed by atoms with Crippen molar-refractivity contribution in [1.29, 1.82) is 0 Å². The quantitative estimate of drug-likeness (QED) is 0.442. The molecule has 0 unspecified atom stereocenters. The van der Waals surface area contributed by atoms with Crippen LogP contribution in [0.4, 0.5) is 5.69 Å². The number of aromatic nitrogens is 2. The summed E-state index contributed by atoms with van der Waals surface area (Å²) in [6, 6.07) is 12.7. The number of phenols is 1. The monoisotopic (exact) mass is 381 g/mol. The van der Waals surface area contributed by atoms with E-state index in [-0.39, 0.29) is 11.6 Å². The van der Waals surface area contributed by atoms with Gasteiger partial charge in [0.15, 0.2) is 5.88 Å². The van der Waals surface area contributed by atoms with Crippen LogP contribution in [0.5, 0.6) is 11.6 Å². The summed E-state index contributed by atoms with van der Waals surface area (Å²) in [7, 11) is 0. The second kappa shape index (κ2) is 5.65. The van der Waals surface area contributed by atoms with E-state index in [2.05, 4.69) is 30.9 Å². The summed E-state index contributed by atoms with van der Waals surface area (Å²) in [5, 5.41) is 22.4. The Morgan fingerprint density at radius 1 is 1.04 bits per heavy atom. The Hall–Kier alpha value is -2.86. The first kappa shape index (κ1) is 14.7. The molecule has 2 aromatic carbocycles. The third-order valence-corrected chi connectivity index (χ3v) is 4.28. The first-order valence-electron chi connectivity index (χ1n) is 7.24. The number of hydrogen-bond acceptors (Lipinski definition) is 4. The largest absolute Gasteiger partial charge is 0.507 e. The smallest absolute Gasteiger partial charge is 0.199 e. The lowest BCUT2D eigenvalue weighted by molar-refractivity contribution is 0.457. The SMILES string of the molecule is Oc1[nH]c2ncc(Br)cc2c1C=Nc1ccc(O)c2ccccc12. The fourth-order valence-corrected chi connectivity index (χ4v) is 3.03. The fraction of sp³-hybridized carbons (Fsp3) is 0. The number of halogens is 1. The molecular formula is C18H12BrN3O2. The van der Waals surface area contributed by atoms with Gasteiger partial charge in [-0.2, -0.15) is 0 Å². The maximum atomic E-state index is 10.1. The third-order valence-electron chi connectivity index (χ3n) is 3.85. The summed E-state index contributed by atoms with van der Waals surface area (Å²) in [4.78, 5) is 11.6. The van der Waals surface area contributed by atoms with Crippen LogP contribution in [0, 0.1) is 0 Å². The van der Waals surface area contributed by atoms with Crippen molar-refractivity contribution in [3.63, 3.8) is 0 Å². The predicted octanol–water partition coefficient (Wildman–Crippen LogP) is 4.64. The van der Waals surface area contributed by atoms with E-state index in [4.69, 9.17) is 0 Å². The van der Waals surface area contributed by atoms with Gasteiger partial charge in [-0.15, -0.1) is 0 Å². The predicted molar refractivity (Wildman–Crippen MR) is 98.3 cm³/mol. The minimum Gasteiger partial charge on any atom is -0.507 e. The highest BCUT2D eigenvalue weighted by atomic mass is 79.9. The molecule has 0 atom stereocenters. The van der Waals surface area contributed by atoms with Gasteiger partial charge < -0.3 is 15.2 Å². The number of rotatable bonds is 2. The molecule has 6 heteroatoms. The first-order valence-corrected chi connectivity index (χ1v) is 8.04. The van der Waals surface area contributed by atoms with Crippen LogP contribution in [-0.2, 0) is 0 Å². The molecule has 0 aliphatic heterocycles. The van der Waals surface area contributed by atoms with Gasteiger partial charge in [0, 0.05) is 33.0 Å². The number of aliphatic imine (C=N–C) groups is 1. The van der Waals surface area contributed by atoms with Crippen LogP contribution >= 0.6 is 15.9 Å². The number of benzene rings is 2. The number of nitrogens with zero attached hydrogens (tertiary/aromatic N) is 2. The van der Waals surface area contributed by atoms with Crippen LogP contribution in [0.15, 0.2) is 58.1 Å². The molecule has 4 aromatic rings. The molecule has 0 radical (unpaired) electrons. The Bertz CT molecular complexity index is 1100. The fourth-order valence-electron chi connectivity index (χ4n) is 2.70. The Morgan fingerprint density at radius 2 is 1.83 bits per heavy atom. The zero-order valence-corrected chi connectivity index (χ0v) is 13.9. The van der Waals surface area contributed by atoms with Crippen LogP contribution in [-0.4, -0.2) is 26.4 Å². The summed E-state index contributed by atoms with van der Waals surface area (Å²) in [6.45, 7) is 0. The van der Waals surface area contributed by atoms with Crippen molar-refractivity contribution in [2.24, 2.45) is 4.99 Å². The number of nitrogens with one attached hydrogen (secondary N) is 1. The number of hydrogen-bond donors (Lipinski definition) is 3. The number of aromatic hydroxyl groups is 2. The maximum Gasteiger partial charge on any atom is 0.199 e. The molecule has 2 heterocycles. The zero-order valence-electron chi connectivity index (χ0n) is 12.4. The van der Waals surface area contributed by atoms with Gasteiger partial charge in [-0.3, -0.25) is 4.99 Å². The molecule has 0 amide bonds. The lowest BCUT2D eigenvalue weighted by Gasteiger charge is -2.03. The number of H-pyrrole nitrogens is 1. The molecule has 0 bridgehead atoms. The van der Waals surface area contributed by atoms with Crippen LogP contribution in [0.25, 0.3) is 21.8 Å². The average molecular weight is 382 g/mol. The molecule has 0 saturated heterocycles. The van der Waals surface area contributed by atoms with Gasteiger partial charge in [-0.05, 0) is 34.1 Å². The minimum absolute atomic E-state index is 0.0161. The van der Waals surface area contributed by atoms with E-state index in [1.807, 2.05) is 30.3 Å². The van der Waals surface area contributed by atoms with Crippen LogP contribution < -0.4 is 0 Å². The maximum absolute atomic E-state index is 10.1. The van der Waals surface area contributed by atoms with Crippen molar-refractivity contribution >= 4 is 49.6 Å². The number of phenolic OH excluding ortho intramolecular Hbond substituents is 1. The summed E-state index contributed by atoms with van der Waals surface area (Å²) < 4.78 is 0.818. The topological polar surface area (TPSA) is 81.5 Å². The van der Waals surface area contributed by atoms with E-state index in [1.54, 1.807) is 24.5 Å². The Kier molecular flexibility index (Phi) is 3.46. The van der Waals surface area contributed by atoms with Gasteiger partial charge in [-0.25, -0.2) is 4.98 Å². The summed E-state index contributed by atoms with van der Waals surface area (Å²) >= 11 is 3.38. The van der Waals surface area contributed by atoms with Gasteiger partial charge >= 0.3 is 0 Å². The molecule has 0 spiro atoms. The molecule has 4 rings (SSSR count). The van der Waals surface area contributed by atoms with E-state index >= 15 is 0 Å². The third kappa shape index (κ3) is 2.41. The van der Waals surface area contributed by atoms with Gasteiger partial charge in [0.1, 0.15) is 11.4 Å². The van der Waals surface area contributed by atoms with E-state index in [9.17, 15) is 10.2 Å². The molecule has 3 N–H and O–H groups in total. The number of fused-ring (bicyclic) bond motifs is 2. The summed E-state index contributed by atoms with van der Waals surface area (Å²) in [5.74, 6) is 0.232. The molecule has 0 fully saturated rings. The minimum atomic E-state index is 0.0161. The van der Waals surface area contributed by atoms with Crippen LogP contribution in [0.3, 0.4) is 0 Å². The van der Waals surface area contributed by atoms with Crippen molar-refractivity contribution < 1.29 is 10.2 Å². The van der Waals surface area contributed by atoms with Gasteiger partial charge in [0.05, 0.1) is 11.3 Å². The molecule has 118 valence electrons. The normalized spacial score (nSPS) is 11.7. The second-order valence-electron chi connectivity index (χ2n) is 5.34. The van der Waals surface area contributed by atoms with E-state index < -0.39 is 0 Å². The van der Waals surface area contributed by atoms with Crippen molar-refractivity contribution in [2.75, 3.05) is 0 Å². The average Bonchev–Trinajstić information content (AvgIpc) is 2.89. The lowest BCUT2D eigenvalue weighted by atomic mass is 10.1. The van der Waals surface area contributed by atoms with Crippen LogP contribution in [0.2, 0.25) is 0 Å². The van der Waals surface area contributed by atoms with Crippen molar-refractivity contribution in [2.45, 2.75) is 0 Å². The van der Waals surface area contributed by atoms with E-state index in [1.165, 1.54) is 0 Å². The van der Waals surface area contributed by atoms with Crippen LogP contribution in [0.1, 0.15) is 5.56 Å². The molecule has 24 heavy (non-hydrogen) atoms. The summed E-state index contributed by atoms with van der Waals surface area (Å²) in [5.41, 5.74) is 1.86. The van der Waals surface area contributed by atoms with Gasteiger partial charge in [-0.1, -0.05) is 24.3 Å². The molecule has 0 aliphatic rings. The number of aromatic amines is 1. The Balaban J connectivity index is 1.86. The van der Waals surface area contributed by atoms with Gasteiger partial charge in [0.2, 0.25) is 0 Å². The highest BCUT2D eigenvalue weighted by Crippen LogP contribution is 2.33. The van der Waals surface area contributed by atoms with Crippen molar-refractivity contribution in [1.82, 2.24) is 9.97 Å². The molecule has 2 aromatic heterocycles. The van der Waals surface area contributed by atoms with E-state index in [0.29, 0.717) is 16.9 Å². The molecule has 0 aliphatic carbocycles. The lowest BCUT2D eigenvalue weighted by Crippen LogP contribution is -1.81. The highest BCUT2D eigenvalue weighted by Gasteiger charge is 2.11. The molecule has 5 nitrogen and oxygen atoms in total. The summed E-state index contributed by atoms with van der Waals surface area (Å²) in [6.07, 6.45) is 3.26. The molecular weight excluding hydrogens is 370 g/mol. The second-order valence-corrected chi connectivity index (χ2v) is 6.26. The highest BCUT2D eigenvalue weighted by molar-refractivity contribution is 9.10. The number of pyridine rings is 1.